The minimum atomic E-state index is -0.504. The molecule has 5 N–H and O–H groups in total. The summed E-state index contributed by atoms with van der Waals surface area (Å²) in [6.45, 7) is 8.52. The van der Waals surface area contributed by atoms with Gasteiger partial charge in [0.15, 0.2) is 5.82 Å². The molecule has 1 fully saturated rings. The van der Waals surface area contributed by atoms with E-state index in [1.807, 2.05) is 30.3 Å². The molecule has 244 valence electrons. The SMILES string of the molecule is CC(N)=NCC[C@H]1CC(N=C(C)N)C[C@H](c2ccc(-n3cc4cc(-c5cc(CCCC(C)C)cc(Cl)c5F)[nH]c4nc3=O)cc2)O1. The van der Waals surface area contributed by atoms with Crippen LogP contribution in [-0.2, 0) is 11.2 Å². The number of nitrogens with zero attached hydrogens (tertiary/aromatic N) is 4. The number of benzene rings is 2. The Kier molecular flexibility index (Phi) is 10.6. The zero-order valence-corrected chi connectivity index (χ0v) is 27.6. The first kappa shape index (κ1) is 33.3. The van der Waals surface area contributed by atoms with Crippen molar-refractivity contribution < 1.29 is 9.13 Å². The van der Waals surface area contributed by atoms with E-state index in [2.05, 4.69) is 33.8 Å². The Bertz CT molecular complexity index is 1790. The number of nitrogens with two attached hydrogens (primary N) is 2. The second kappa shape index (κ2) is 14.6. The number of nitrogens with one attached hydrogen (secondary N) is 1. The fourth-order valence-electron chi connectivity index (χ4n) is 6.04. The van der Waals surface area contributed by atoms with E-state index in [1.54, 1.807) is 32.2 Å². The van der Waals surface area contributed by atoms with Gasteiger partial charge in [-0.2, -0.15) is 4.98 Å². The summed E-state index contributed by atoms with van der Waals surface area (Å²) >= 11 is 6.29. The van der Waals surface area contributed by atoms with Crippen LogP contribution in [0, 0.1) is 11.7 Å². The zero-order valence-electron chi connectivity index (χ0n) is 26.9. The Morgan fingerprint density at radius 1 is 1.15 bits per heavy atom. The standard InChI is InChI=1S/C35H43ClFN7O2/c1-20(2)6-5-7-23-14-29(33(37)30(36)15-23)31-16-25-19-44(35(45)43-34(25)42-31)27-10-8-24(9-11-27)32-18-26(41-22(4)39)17-28(46-32)12-13-40-21(3)38/h8-11,14-16,19-20,26,28,32H,5-7,12-13,17-18H2,1-4H3,(H2,38,40)(H2,39,41)(H,42,43,45)/t26?,28-,32+/m0/s1. The molecular formula is C35H43ClFN7O2. The highest BCUT2D eigenvalue weighted by Crippen LogP contribution is 2.35. The highest BCUT2D eigenvalue weighted by Gasteiger charge is 2.30. The molecule has 0 saturated carbocycles. The van der Waals surface area contributed by atoms with Gasteiger partial charge in [0.25, 0.3) is 0 Å². The quantitative estimate of drug-likeness (QED) is 0.120. The molecule has 0 radical (unpaired) electrons. The van der Waals surface area contributed by atoms with E-state index < -0.39 is 11.5 Å². The largest absolute Gasteiger partial charge is 0.388 e. The molecule has 2 aromatic carbocycles. The molecule has 3 atom stereocenters. The number of amidine groups is 2. The average molecular weight is 648 g/mol. The summed E-state index contributed by atoms with van der Waals surface area (Å²) in [6.07, 6.45) is 6.57. The van der Waals surface area contributed by atoms with E-state index in [9.17, 15) is 4.79 Å². The Morgan fingerprint density at radius 2 is 1.91 bits per heavy atom. The predicted molar refractivity (Wildman–Crippen MR) is 185 cm³/mol. The average Bonchev–Trinajstić information content (AvgIpc) is 3.40. The van der Waals surface area contributed by atoms with Gasteiger partial charge in [-0.05, 0) is 86.9 Å². The lowest BCUT2D eigenvalue weighted by atomic mass is 9.93. The fourth-order valence-corrected chi connectivity index (χ4v) is 6.28. The number of aryl methyl sites for hydroxylation is 1. The van der Waals surface area contributed by atoms with Gasteiger partial charge >= 0.3 is 5.69 Å². The highest BCUT2D eigenvalue weighted by atomic mass is 35.5. The number of H-pyrrole nitrogens is 1. The van der Waals surface area contributed by atoms with Gasteiger partial charge in [0, 0.05) is 30.1 Å². The molecule has 1 saturated heterocycles. The van der Waals surface area contributed by atoms with Crippen molar-refractivity contribution >= 4 is 34.3 Å². The topological polar surface area (TPSA) is 137 Å². The number of rotatable bonds is 11. The molecule has 0 bridgehead atoms. The Labute approximate surface area is 273 Å². The normalized spacial score (nSPS) is 19.3. The molecule has 1 aliphatic rings. The third kappa shape index (κ3) is 8.22. The summed E-state index contributed by atoms with van der Waals surface area (Å²) in [7, 11) is 0. The molecule has 2 aromatic heterocycles. The number of hydrogen-bond acceptors (Lipinski definition) is 5. The first-order valence-corrected chi connectivity index (χ1v) is 16.3. The molecule has 4 aromatic rings. The van der Waals surface area contributed by atoms with Crippen molar-refractivity contribution in [1.82, 2.24) is 14.5 Å². The lowest BCUT2D eigenvalue weighted by Crippen LogP contribution is -2.32. The van der Waals surface area contributed by atoms with Crippen molar-refractivity contribution in [3.05, 3.63) is 81.1 Å². The van der Waals surface area contributed by atoms with Gasteiger partial charge in [0.1, 0.15) is 5.65 Å². The van der Waals surface area contributed by atoms with E-state index in [0.717, 1.165) is 43.2 Å². The van der Waals surface area contributed by atoms with Crippen LogP contribution in [0.4, 0.5) is 4.39 Å². The Hall–Kier alpha value is -4.02. The second-order valence-electron chi connectivity index (χ2n) is 12.7. The van der Waals surface area contributed by atoms with Crippen LogP contribution >= 0.6 is 11.6 Å². The minimum Gasteiger partial charge on any atom is -0.388 e. The maximum absolute atomic E-state index is 15.2. The molecule has 0 spiro atoms. The highest BCUT2D eigenvalue weighted by molar-refractivity contribution is 6.31. The van der Waals surface area contributed by atoms with Gasteiger partial charge in [-0.15, -0.1) is 0 Å². The van der Waals surface area contributed by atoms with Gasteiger partial charge in [0.2, 0.25) is 0 Å². The maximum Gasteiger partial charge on any atom is 0.354 e. The number of hydrogen-bond donors (Lipinski definition) is 3. The molecule has 11 heteroatoms. The third-order valence-corrected chi connectivity index (χ3v) is 8.53. The molecule has 0 aliphatic carbocycles. The van der Waals surface area contributed by atoms with Gasteiger partial charge in [-0.25, -0.2) is 9.18 Å². The Morgan fingerprint density at radius 3 is 2.61 bits per heavy atom. The second-order valence-corrected chi connectivity index (χ2v) is 13.1. The first-order chi connectivity index (χ1) is 22.0. The van der Waals surface area contributed by atoms with Crippen LogP contribution in [0.1, 0.15) is 77.0 Å². The van der Waals surface area contributed by atoms with Gasteiger partial charge in [-0.1, -0.05) is 44.0 Å². The predicted octanol–water partition coefficient (Wildman–Crippen LogP) is 6.89. The minimum absolute atomic E-state index is 0.0351. The van der Waals surface area contributed by atoms with E-state index in [4.69, 9.17) is 27.8 Å². The molecule has 9 nitrogen and oxygen atoms in total. The number of aromatic nitrogens is 3. The van der Waals surface area contributed by atoms with Crippen LogP contribution in [0.3, 0.4) is 0 Å². The van der Waals surface area contributed by atoms with Crippen LogP contribution in [0.5, 0.6) is 0 Å². The lowest BCUT2D eigenvalue weighted by molar-refractivity contribution is -0.0600. The Balaban J connectivity index is 1.38. The number of ether oxygens (including phenoxy) is 1. The summed E-state index contributed by atoms with van der Waals surface area (Å²) in [4.78, 5) is 29.5. The summed E-state index contributed by atoms with van der Waals surface area (Å²) in [5, 5.41) is 0.748. The molecule has 1 aliphatic heterocycles. The summed E-state index contributed by atoms with van der Waals surface area (Å²) in [5.41, 5.74) is 15.0. The zero-order chi connectivity index (χ0) is 33.0. The van der Waals surface area contributed by atoms with Crippen LogP contribution in [-0.4, -0.2) is 44.9 Å². The number of aliphatic imine (C=N–C) groups is 2. The molecule has 46 heavy (non-hydrogen) atoms. The number of fused-ring (bicyclic) bond motifs is 1. The number of aromatic amines is 1. The van der Waals surface area contributed by atoms with E-state index in [0.29, 0.717) is 58.5 Å². The summed E-state index contributed by atoms with van der Waals surface area (Å²) < 4.78 is 23.1. The fraction of sp³-hybridized carbons (Fsp3) is 0.429. The maximum atomic E-state index is 15.2. The lowest BCUT2D eigenvalue weighted by Gasteiger charge is -2.34. The van der Waals surface area contributed by atoms with E-state index in [-0.39, 0.29) is 23.3 Å². The monoisotopic (exact) mass is 647 g/mol. The summed E-state index contributed by atoms with van der Waals surface area (Å²) in [6, 6.07) is 13.0. The van der Waals surface area contributed by atoms with Gasteiger partial charge in [-0.3, -0.25) is 14.6 Å². The van der Waals surface area contributed by atoms with Crippen molar-refractivity contribution in [2.75, 3.05) is 6.54 Å². The van der Waals surface area contributed by atoms with Crippen LogP contribution < -0.4 is 17.2 Å². The van der Waals surface area contributed by atoms with Gasteiger partial charge < -0.3 is 21.2 Å². The molecule has 0 amide bonds. The van der Waals surface area contributed by atoms with E-state index in [1.165, 1.54) is 4.57 Å². The van der Waals surface area contributed by atoms with Crippen LogP contribution in [0.2, 0.25) is 5.02 Å². The van der Waals surface area contributed by atoms with Crippen molar-refractivity contribution in [2.45, 2.75) is 84.5 Å². The summed E-state index contributed by atoms with van der Waals surface area (Å²) in [5.74, 6) is 1.19. The smallest absolute Gasteiger partial charge is 0.354 e. The molecule has 3 heterocycles. The van der Waals surface area contributed by atoms with Crippen LogP contribution in [0.15, 0.2) is 63.4 Å². The number of halogens is 2. The molecule has 5 rings (SSSR count). The van der Waals surface area contributed by atoms with Crippen LogP contribution in [0.25, 0.3) is 28.0 Å². The van der Waals surface area contributed by atoms with Crippen molar-refractivity contribution in [3.8, 4) is 16.9 Å². The van der Waals surface area contributed by atoms with Crippen molar-refractivity contribution in [1.29, 1.82) is 0 Å². The third-order valence-electron chi connectivity index (χ3n) is 8.25. The van der Waals surface area contributed by atoms with Crippen molar-refractivity contribution in [3.63, 3.8) is 0 Å². The van der Waals surface area contributed by atoms with Crippen molar-refractivity contribution in [2.24, 2.45) is 27.4 Å². The van der Waals surface area contributed by atoms with Gasteiger partial charge in [0.05, 0.1) is 46.3 Å². The molecule has 1 unspecified atom stereocenters. The first-order valence-electron chi connectivity index (χ1n) is 15.9. The molecular weight excluding hydrogens is 605 g/mol. The van der Waals surface area contributed by atoms with E-state index >= 15 is 4.39 Å².